The normalized spacial score (nSPS) is 10.2. The van der Waals surface area contributed by atoms with Crippen LogP contribution in [-0.4, -0.2) is 166 Å². The molecule has 9 N–H and O–H groups in total. The number of pyridine rings is 6. The first-order valence-corrected chi connectivity index (χ1v) is 35.8. The number of aromatic nitrogens is 6. The van der Waals surface area contributed by atoms with Gasteiger partial charge < -0.3 is 50.6 Å². The Hall–Kier alpha value is -11.1. The van der Waals surface area contributed by atoms with Crippen LogP contribution in [0.5, 0.6) is 0 Å². The van der Waals surface area contributed by atoms with Crippen molar-refractivity contribution in [2.24, 2.45) is 0 Å². The molecule has 0 aliphatic carbocycles. The Morgan fingerprint density at radius 2 is 0.984 bits per heavy atom. The number of fused-ring (bicyclic) bond motifs is 6. The number of hydrogen-bond donors (Lipinski definition) is 8. The molecule has 3 radical (unpaired) electrons. The van der Waals surface area contributed by atoms with E-state index in [0.29, 0.717) is 95.3 Å². The number of carboxylic acid groups (broad SMARTS) is 1. The van der Waals surface area contributed by atoms with Crippen molar-refractivity contribution in [1.82, 2.24) is 29.9 Å². The van der Waals surface area contributed by atoms with Gasteiger partial charge in [0.15, 0.2) is 29.9 Å². The molecule has 0 saturated carbocycles. The molecule has 0 spiro atoms. The van der Waals surface area contributed by atoms with E-state index < -0.39 is 63.8 Å². The topological polar surface area (TPSA) is 420 Å². The summed E-state index contributed by atoms with van der Waals surface area (Å²) in [6.07, 6.45) is 12.0. The van der Waals surface area contributed by atoms with Gasteiger partial charge in [-0.1, -0.05) is 64.1 Å². The minimum Gasteiger partial charge on any atom is -0.552 e. The summed E-state index contributed by atoms with van der Waals surface area (Å²) in [5, 5.41) is 75.0. The first-order chi connectivity index (χ1) is 57.4. The molecule has 653 valence electrons. The maximum Gasteiger partial charge on any atom is 1.00 e. The number of nitrogen functional groups attached to an aromatic ring is 1. The molecule has 1 aliphatic heterocycles. The predicted octanol–water partition coefficient (Wildman–Crippen LogP) is 9.98. The number of aliphatic hydroxyl groups is 5. The van der Waals surface area contributed by atoms with Gasteiger partial charge in [-0.25, -0.2) is 57.0 Å². The molecule has 0 unspecified atom stereocenters. The van der Waals surface area contributed by atoms with Gasteiger partial charge in [-0.15, -0.1) is 4.33 Å². The summed E-state index contributed by atoms with van der Waals surface area (Å²) in [6.45, 7) is 5.32. The smallest absolute Gasteiger partial charge is 0.552 e. The number of aliphatic hydroxyl groups excluding tert-OH is 5. The van der Waals surface area contributed by atoms with Crippen LogP contribution in [0.2, 0.25) is 0 Å². The van der Waals surface area contributed by atoms with Crippen LogP contribution >= 0.6 is 12.0 Å². The molecule has 6 aromatic heterocycles. The molecule has 7 heterocycles. The van der Waals surface area contributed by atoms with Gasteiger partial charge in [0, 0.05) is 137 Å². The van der Waals surface area contributed by atoms with E-state index in [1.54, 1.807) is 154 Å². The number of aromatic carboxylic acids is 1. The second-order valence-electron chi connectivity index (χ2n) is 23.6. The fraction of sp³-hybridized carbons (Fsp3) is 0.172. The first-order valence-electron chi connectivity index (χ1n) is 35.1. The number of nitro benzene ring substituents is 1. The Morgan fingerprint density at radius 1 is 0.540 bits per heavy atom. The van der Waals surface area contributed by atoms with E-state index in [9.17, 15) is 64.8 Å². The SMILES string of the molecule is C.C.C.CCOC(=O)c1cc2cccnc2cc1F.CCOC(=O)c1ccc2ncccc2c1F.Nc1ccc(C(=O)O)c(F)c1.O=Cc1cc2cccnc2cc1F.O=Cc1ccc2ncccc2c1F.O=[N+]([O-])c1cccc(SOOO)c1.OCC(O)CO.OCc1cc2cccnc2cc1F.OCc1ccc2ncccc2c1F.[AlH3].[B].[CH-]1CCCO1.[Li+].[Na+]. The largest absolute Gasteiger partial charge is 1.00 e. The maximum atomic E-state index is 13.9. The zero-order chi connectivity index (χ0) is 86.8. The van der Waals surface area contributed by atoms with Crippen molar-refractivity contribution < 1.29 is 168 Å². The molecule has 0 bridgehead atoms. The number of halogens is 7. The number of ether oxygens (including phenoxy) is 3. The van der Waals surface area contributed by atoms with Gasteiger partial charge >= 0.3 is 66.3 Å². The number of carbonyl (C=O) groups excluding carboxylic acids is 4. The standard InChI is InChI=1S/2C12H10FNO2.C10H8FNO.C10H6FNO.C10H8FNO.C10H6FNO.C7H6FNO2.C6H5NO5S.C4H7O.C3H8O3.3CH4.Al.B.Li.Na.3H/c1-2-16-12(15)9-5-6-10-8(11(9)13)4-3-7-14-10;1-2-16-12(15)9-6-8-4-3-5-14-11(8)7-10(9)13;2*11-10-7(6-13)3-4-9-8(10)2-1-5-12-9;2*11-9-5-10-7(2-1-3-12-10)4-8(9)6-13;8-6-3-4(9)1-2-5(6)7(10)11;8-7(9)5-2-1-3-6(4-5)13-12-11-10;1-2-4-5-3-1;4-1-3(6)2-5;;;;;;;;;;/h2*3-7H,2H2,1H3;1-5,13H,6H2;1-6H;1-5,13H,6H2;1-6H;1-3H,9H2,(H,10,11);1-4,10H;3H,1-2,4H2;3-6H,1-2H2;3*1H4;;;;;;;/q;;;;;;;;-1;;;;;;;2*+1;;;. The summed E-state index contributed by atoms with van der Waals surface area (Å²) in [5.74, 6) is -6.39. The van der Waals surface area contributed by atoms with Crippen molar-refractivity contribution >= 4 is 145 Å². The number of rotatable bonds is 15. The van der Waals surface area contributed by atoms with Gasteiger partial charge in [-0.3, -0.25) is 49.6 Å². The van der Waals surface area contributed by atoms with E-state index in [1.165, 1.54) is 73.2 Å². The number of nitrogens with two attached hydrogens (primary N) is 1. The number of hydrogen-bond acceptors (Lipinski definition) is 26. The molecule has 126 heavy (non-hydrogen) atoms. The minimum atomic E-state index is -1.29. The number of nitro groups is 1. The Labute approximate surface area is 770 Å². The fourth-order valence-electron chi connectivity index (χ4n) is 9.80. The second kappa shape index (κ2) is 62.9. The molecule has 15 rings (SSSR count). The predicted molar refractivity (Wildman–Crippen MR) is 462 cm³/mol. The summed E-state index contributed by atoms with van der Waals surface area (Å²) in [6, 6.07) is 47.3. The number of esters is 2. The zero-order valence-electron chi connectivity index (χ0n) is 65.4. The average Bonchev–Trinajstić information content (AvgIpc) is 0.879. The third-order valence-electron chi connectivity index (χ3n) is 15.6. The van der Waals surface area contributed by atoms with Gasteiger partial charge in [0.2, 0.25) is 0 Å². The summed E-state index contributed by atoms with van der Waals surface area (Å²) in [4.78, 5) is 88.1. The van der Waals surface area contributed by atoms with E-state index in [1.807, 2.05) is 12.7 Å². The Kier molecular flexibility index (Phi) is 58.4. The van der Waals surface area contributed by atoms with E-state index in [0.717, 1.165) is 35.9 Å². The molecule has 27 nitrogen and oxygen atoms in total. The van der Waals surface area contributed by atoms with Crippen molar-refractivity contribution in [3.63, 3.8) is 0 Å². The molecule has 1 fully saturated rings. The molecular formula is C87H89AlBF7LiN8NaO19S+. The van der Waals surface area contributed by atoms with Gasteiger partial charge in [0.05, 0.1) is 118 Å². The monoisotopic (exact) mass is 1780 g/mol. The average molecular weight is 1780 g/mol. The van der Waals surface area contributed by atoms with Crippen LogP contribution in [-0.2, 0) is 36.8 Å². The number of aldehydes is 2. The summed E-state index contributed by atoms with van der Waals surface area (Å²) >= 11 is 0.675. The quantitative estimate of drug-likeness (QED) is 0.00452. The molecule has 0 amide bonds. The fourth-order valence-corrected chi connectivity index (χ4v) is 10.2. The number of nitrogens with zero attached hydrogens (tertiary/aromatic N) is 7. The van der Waals surface area contributed by atoms with E-state index in [4.69, 9.17) is 55.8 Å². The van der Waals surface area contributed by atoms with Gasteiger partial charge in [-0.05, 0) is 141 Å². The zero-order valence-corrected chi connectivity index (χ0v) is 68.2. The van der Waals surface area contributed by atoms with Crippen molar-refractivity contribution in [3.8, 4) is 0 Å². The molecule has 0 atom stereocenters. The summed E-state index contributed by atoms with van der Waals surface area (Å²) in [5.41, 5.74) is 9.02. The van der Waals surface area contributed by atoms with Crippen molar-refractivity contribution in [1.29, 1.82) is 0 Å². The molecule has 1 saturated heterocycles. The number of anilines is 1. The van der Waals surface area contributed by atoms with Gasteiger partial charge in [0.1, 0.15) is 46.8 Å². The third-order valence-corrected chi connectivity index (χ3v) is 16.1. The number of non-ortho nitro benzene ring substituents is 1. The second-order valence-corrected chi connectivity index (χ2v) is 24.4. The third kappa shape index (κ3) is 36.8. The van der Waals surface area contributed by atoms with Crippen LogP contribution in [0.4, 0.5) is 42.1 Å². The molecule has 8 aromatic carbocycles. The van der Waals surface area contributed by atoms with Crippen LogP contribution in [0, 0.1) is 57.4 Å². The van der Waals surface area contributed by atoms with Crippen LogP contribution in [0.25, 0.3) is 65.4 Å². The maximum absolute atomic E-state index is 13.9. The molecule has 14 aromatic rings. The van der Waals surface area contributed by atoms with Gasteiger partial charge in [0.25, 0.3) is 5.69 Å². The van der Waals surface area contributed by atoms with Crippen LogP contribution in [0.15, 0.2) is 230 Å². The van der Waals surface area contributed by atoms with Crippen molar-refractivity contribution in [3.05, 3.63) is 322 Å². The Bertz CT molecular complexity index is 5700. The first kappa shape index (κ1) is 117. The van der Waals surface area contributed by atoms with Crippen LogP contribution in [0.1, 0.15) is 112 Å². The Morgan fingerprint density at radius 3 is 1.43 bits per heavy atom. The van der Waals surface area contributed by atoms with Crippen LogP contribution in [0.3, 0.4) is 0 Å². The number of benzene rings is 8. The summed E-state index contributed by atoms with van der Waals surface area (Å²) < 4.78 is 112. The number of carbonyl (C=O) groups is 5. The molecule has 39 heteroatoms. The van der Waals surface area contributed by atoms with E-state index in [-0.39, 0.29) is 181 Å². The van der Waals surface area contributed by atoms with E-state index in [2.05, 4.69) is 39.3 Å². The van der Waals surface area contributed by atoms with Crippen LogP contribution < -0.4 is 54.2 Å². The van der Waals surface area contributed by atoms with E-state index >= 15 is 0 Å². The molecular weight excluding hydrogens is 1690 g/mol. The van der Waals surface area contributed by atoms with Crippen molar-refractivity contribution in [2.45, 2.75) is 73.2 Å². The Balaban J connectivity index is 0. The minimum absolute atomic E-state index is 0. The molecule has 1 aliphatic rings. The van der Waals surface area contributed by atoms with Gasteiger partial charge in [-0.2, -0.15) is 6.42 Å². The summed E-state index contributed by atoms with van der Waals surface area (Å²) in [7, 11) is 0. The number of carboxylic acids is 1. The van der Waals surface area contributed by atoms with Crippen molar-refractivity contribution in [2.75, 3.05) is 38.8 Å².